The topological polar surface area (TPSA) is 24.9 Å². The van der Waals surface area contributed by atoms with Gasteiger partial charge in [0.1, 0.15) is 0 Å². The number of nitrogens with zero attached hydrogens (tertiary/aromatic N) is 1. The number of unbranched alkanes of at least 4 members (excludes halogenated alkanes) is 1. The summed E-state index contributed by atoms with van der Waals surface area (Å²) in [6, 6.07) is 4.76. The van der Waals surface area contributed by atoms with Crippen LogP contribution in [0.25, 0.3) is 0 Å². The molecule has 1 atom stereocenters. The predicted octanol–water partition coefficient (Wildman–Crippen LogP) is 3.48. The van der Waals surface area contributed by atoms with E-state index in [-0.39, 0.29) is 0 Å². The smallest absolute Gasteiger partial charge is 0.0605 e. The lowest BCUT2D eigenvalue weighted by atomic mass is 10.1. The second kappa shape index (κ2) is 6.15. The molecule has 0 fully saturated rings. The van der Waals surface area contributed by atoms with Crippen LogP contribution in [0.15, 0.2) is 18.3 Å². The van der Waals surface area contributed by atoms with Crippen LogP contribution in [-0.2, 0) is 6.42 Å². The number of hydrogen-bond acceptors (Lipinski definition) is 2. The Morgan fingerprint density at radius 1 is 1.41 bits per heavy atom. The van der Waals surface area contributed by atoms with Crippen LogP contribution in [0.3, 0.4) is 0 Å². The molecule has 1 heterocycles. The van der Waals surface area contributed by atoms with Gasteiger partial charge < -0.3 is 5.32 Å². The monoisotopic (exact) mass is 232 g/mol. The molecule has 0 bridgehead atoms. The second-order valence-corrected chi connectivity index (χ2v) is 5.48. The first-order chi connectivity index (χ1) is 8.27. The Hall–Kier alpha value is -0.890. The van der Waals surface area contributed by atoms with Crippen molar-refractivity contribution < 1.29 is 0 Å². The predicted molar refractivity (Wildman–Crippen MR) is 72.0 cm³/mol. The van der Waals surface area contributed by atoms with Gasteiger partial charge in [-0.1, -0.05) is 32.8 Å². The summed E-state index contributed by atoms with van der Waals surface area (Å²) in [5.41, 5.74) is 2.73. The Labute approximate surface area is 105 Å². The molecule has 94 valence electrons. The van der Waals surface area contributed by atoms with Gasteiger partial charge in [-0.25, -0.2) is 0 Å². The van der Waals surface area contributed by atoms with Crippen molar-refractivity contribution >= 4 is 0 Å². The second-order valence-electron chi connectivity index (χ2n) is 5.48. The number of nitrogens with one attached hydrogen (secondary N) is 1. The first kappa shape index (κ1) is 12.6. The maximum atomic E-state index is 4.51. The highest BCUT2D eigenvalue weighted by Gasteiger charge is 2.22. The Morgan fingerprint density at radius 2 is 2.29 bits per heavy atom. The maximum absolute atomic E-state index is 4.51. The fraction of sp³-hybridized carbons (Fsp3) is 0.667. The fourth-order valence-electron chi connectivity index (χ4n) is 2.57. The number of aryl methyl sites for hydroxylation is 1. The molecule has 1 aliphatic carbocycles. The van der Waals surface area contributed by atoms with Crippen LogP contribution in [0.2, 0.25) is 0 Å². The quantitative estimate of drug-likeness (QED) is 0.759. The van der Waals surface area contributed by atoms with Crippen molar-refractivity contribution in [2.24, 2.45) is 5.92 Å². The van der Waals surface area contributed by atoms with Crippen molar-refractivity contribution in [2.45, 2.75) is 52.0 Å². The van der Waals surface area contributed by atoms with Crippen molar-refractivity contribution in [1.29, 1.82) is 0 Å². The van der Waals surface area contributed by atoms with Crippen LogP contribution >= 0.6 is 0 Å². The molecule has 1 aromatic heterocycles. The number of fused-ring (bicyclic) bond motifs is 1. The lowest BCUT2D eigenvalue weighted by Gasteiger charge is -2.13. The van der Waals surface area contributed by atoms with E-state index in [0.717, 1.165) is 12.5 Å². The van der Waals surface area contributed by atoms with E-state index in [1.807, 2.05) is 12.3 Å². The molecule has 0 amide bonds. The largest absolute Gasteiger partial charge is 0.309 e. The molecule has 1 aliphatic rings. The van der Waals surface area contributed by atoms with Gasteiger partial charge in [-0.05, 0) is 43.4 Å². The van der Waals surface area contributed by atoms with Crippen LogP contribution in [0, 0.1) is 5.92 Å². The zero-order chi connectivity index (χ0) is 12.1. The van der Waals surface area contributed by atoms with Crippen molar-refractivity contribution in [3.8, 4) is 0 Å². The Bertz CT molecular complexity index is 347. The highest BCUT2D eigenvalue weighted by atomic mass is 14.9. The van der Waals surface area contributed by atoms with E-state index >= 15 is 0 Å². The molecule has 1 aromatic rings. The third-order valence-corrected chi connectivity index (χ3v) is 3.56. The average Bonchev–Trinajstić information content (AvgIpc) is 2.72. The van der Waals surface area contributed by atoms with Crippen LogP contribution in [0.5, 0.6) is 0 Å². The number of pyridine rings is 1. The molecule has 1 unspecified atom stereocenters. The van der Waals surface area contributed by atoms with Gasteiger partial charge >= 0.3 is 0 Å². The molecule has 0 radical (unpaired) electrons. The van der Waals surface area contributed by atoms with Crippen molar-refractivity contribution in [2.75, 3.05) is 6.54 Å². The van der Waals surface area contributed by atoms with E-state index in [1.54, 1.807) is 0 Å². The van der Waals surface area contributed by atoms with Crippen molar-refractivity contribution in [3.63, 3.8) is 0 Å². The summed E-state index contributed by atoms with van der Waals surface area (Å²) < 4.78 is 0. The van der Waals surface area contributed by atoms with Crippen LogP contribution < -0.4 is 5.32 Å². The SMILES string of the molecule is CC(C)CCCCNC1CCc2cccnc21. The molecule has 1 N–H and O–H groups in total. The molecular weight excluding hydrogens is 208 g/mol. The van der Waals surface area contributed by atoms with Gasteiger partial charge in [0.15, 0.2) is 0 Å². The Morgan fingerprint density at radius 3 is 3.12 bits per heavy atom. The van der Waals surface area contributed by atoms with Crippen molar-refractivity contribution in [3.05, 3.63) is 29.6 Å². The van der Waals surface area contributed by atoms with E-state index in [2.05, 4.69) is 30.2 Å². The van der Waals surface area contributed by atoms with E-state index in [1.165, 1.54) is 43.4 Å². The molecule has 2 nitrogen and oxygen atoms in total. The normalized spacial score (nSPS) is 18.6. The summed E-state index contributed by atoms with van der Waals surface area (Å²) in [6.07, 6.45) is 8.30. The summed E-state index contributed by atoms with van der Waals surface area (Å²) in [5.74, 6) is 0.837. The molecular formula is C15H24N2. The lowest BCUT2D eigenvalue weighted by Crippen LogP contribution is -2.21. The van der Waals surface area contributed by atoms with Gasteiger partial charge in [0.2, 0.25) is 0 Å². The molecule has 0 saturated carbocycles. The molecule has 17 heavy (non-hydrogen) atoms. The lowest BCUT2D eigenvalue weighted by molar-refractivity contribution is 0.478. The van der Waals surface area contributed by atoms with Gasteiger partial charge in [0.25, 0.3) is 0 Å². The van der Waals surface area contributed by atoms with E-state index in [0.29, 0.717) is 6.04 Å². The van der Waals surface area contributed by atoms with Crippen LogP contribution in [0.4, 0.5) is 0 Å². The van der Waals surface area contributed by atoms with Gasteiger partial charge in [-0.2, -0.15) is 0 Å². The molecule has 0 aromatic carbocycles. The van der Waals surface area contributed by atoms with Crippen LogP contribution in [-0.4, -0.2) is 11.5 Å². The molecule has 2 heteroatoms. The van der Waals surface area contributed by atoms with Gasteiger partial charge in [0.05, 0.1) is 11.7 Å². The molecule has 0 aliphatic heterocycles. The fourth-order valence-corrected chi connectivity index (χ4v) is 2.57. The third-order valence-electron chi connectivity index (χ3n) is 3.56. The summed E-state index contributed by atoms with van der Waals surface area (Å²) in [5, 5.41) is 3.65. The zero-order valence-corrected chi connectivity index (χ0v) is 11.1. The minimum absolute atomic E-state index is 0.505. The minimum Gasteiger partial charge on any atom is -0.309 e. The first-order valence-corrected chi connectivity index (χ1v) is 6.94. The number of rotatable bonds is 6. The Balaban J connectivity index is 1.71. The van der Waals surface area contributed by atoms with Gasteiger partial charge in [-0.15, -0.1) is 0 Å². The molecule has 0 saturated heterocycles. The summed E-state index contributed by atoms with van der Waals surface area (Å²) in [6.45, 7) is 5.72. The summed E-state index contributed by atoms with van der Waals surface area (Å²) in [4.78, 5) is 4.51. The Kier molecular flexibility index (Phi) is 4.55. The highest BCUT2D eigenvalue weighted by Crippen LogP contribution is 2.28. The zero-order valence-electron chi connectivity index (χ0n) is 11.1. The highest BCUT2D eigenvalue weighted by molar-refractivity contribution is 5.27. The van der Waals surface area contributed by atoms with E-state index < -0.39 is 0 Å². The van der Waals surface area contributed by atoms with Crippen LogP contribution in [0.1, 0.15) is 56.8 Å². The van der Waals surface area contributed by atoms with E-state index in [4.69, 9.17) is 0 Å². The molecule has 2 rings (SSSR count). The van der Waals surface area contributed by atoms with Gasteiger partial charge in [0, 0.05) is 6.20 Å². The van der Waals surface area contributed by atoms with Gasteiger partial charge in [-0.3, -0.25) is 4.98 Å². The number of aromatic nitrogens is 1. The first-order valence-electron chi connectivity index (χ1n) is 6.94. The summed E-state index contributed by atoms with van der Waals surface area (Å²) in [7, 11) is 0. The van der Waals surface area contributed by atoms with Crippen molar-refractivity contribution in [1.82, 2.24) is 10.3 Å². The minimum atomic E-state index is 0.505. The average molecular weight is 232 g/mol. The standard InChI is InChI=1S/C15H24N2/c1-12(2)6-3-4-10-16-14-9-8-13-7-5-11-17-15(13)14/h5,7,11-12,14,16H,3-4,6,8-10H2,1-2H3. The van der Waals surface area contributed by atoms with E-state index in [9.17, 15) is 0 Å². The summed E-state index contributed by atoms with van der Waals surface area (Å²) >= 11 is 0. The number of hydrogen-bond donors (Lipinski definition) is 1. The third kappa shape index (κ3) is 3.53. The maximum Gasteiger partial charge on any atom is 0.0605 e. The molecule has 0 spiro atoms.